The maximum atomic E-state index is 12.9. The Morgan fingerprint density at radius 3 is 2.50 bits per heavy atom. The molecule has 1 unspecified atom stereocenters. The molecule has 0 saturated heterocycles. The minimum absolute atomic E-state index is 0.272. The molecule has 1 heterocycles. The molecule has 1 N–H and O–H groups in total. The number of hydrogen-bond acceptors (Lipinski definition) is 5. The second-order valence-electron chi connectivity index (χ2n) is 6.73. The van der Waals surface area contributed by atoms with E-state index < -0.39 is 11.5 Å². The zero-order valence-corrected chi connectivity index (χ0v) is 16.5. The minimum atomic E-state index is -1.87. The van der Waals surface area contributed by atoms with E-state index in [1.54, 1.807) is 37.4 Å². The normalized spacial score (nSPS) is 18.1. The summed E-state index contributed by atoms with van der Waals surface area (Å²) >= 11 is 6.04. The SMILES string of the molecule is COc1ccc(OCCCN2C(=O)C(O)(CC(C)=O)c3cc(Cl)ccc32)cc1. The zero-order valence-electron chi connectivity index (χ0n) is 15.8. The standard InChI is InChI=1S/C21H22ClNO5/c1-14(24)13-21(26)18-12-15(22)4-9-19(18)23(20(21)25)10-3-11-28-17-7-5-16(27-2)6-8-17/h4-9,12,26H,3,10-11,13H2,1-2H3. The molecule has 148 valence electrons. The van der Waals surface area contributed by atoms with E-state index in [-0.39, 0.29) is 12.2 Å². The minimum Gasteiger partial charge on any atom is -0.497 e. The van der Waals surface area contributed by atoms with E-state index in [0.717, 1.165) is 5.75 Å². The largest absolute Gasteiger partial charge is 0.497 e. The Kier molecular flexibility index (Phi) is 5.91. The molecule has 0 saturated carbocycles. The highest BCUT2D eigenvalue weighted by Crippen LogP contribution is 2.43. The molecule has 3 rings (SSSR count). The number of anilines is 1. The summed E-state index contributed by atoms with van der Waals surface area (Å²) in [5.41, 5.74) is -0.929. The molecule has 2 aromatic carbocycles. The van der Waals surface area contributed by atoms with Crippen LogP contribution in [-0.2, 0) is 15.2 Å². The number of Topliss-reactive ketones (excluding diaryl/α,β-unsaturated/α-hetero) is 1. The number of fused-ring (bicyclic) bond motifs is 1. The molecule has 0 fully saturated rings. The Hall–Kier alpha value is -2.57. The van der Waals surface area contributed by atoms with Crippen LogP contribution in [0.3, 0.4) is 0 Å². The van der Waals surface area contributed by atoms with E-state index in [1.165, 1.54) is 11.8 Å². The second-order valence-corrected chi connectivity index (χ2v) is 7.17. The number of hydrogen-bond donors (Lipinski definition) is 1. The third-order valence-corrected chi connectivity index (χ3v) is 4.89. The van der Waals surface area contributed by atoms with Gasteiger partial charge in [0, 0.05) is 23.6 Å². The predicted octanol–water partition coefficient (Wildman–Crippen LogP) is 3.33. The van der Waals surface area contributed by atoms with Crippen LogP contribution in [0.25, 0.3) is 0 Å². The number of aliphatic hydroxyl groups is 1. The van der Waals surface area contributed by atoms with E-state index in [2.05, 4.69) is 0 Å². The van der Waals surface area contributed by atoms with E-state index >= 15 is 0 Å². The molecular weight excluding hydrogens is 382 g/mol. The first-order valence-corrected chi connectivity index (χ1v) is 9.33. The van der Waals surface area contributed by atoms with Crippen molar-refractivity contribution < 1.29 is 24.2 Å². The summed E-state index contributed by atoms with van der Waals surface area (Å²) in [4.78, 5) is 26.0. The summed E-state index contributed by atoms with van der Waals surface area (Å²) in [5, 5.41) is 11.3. The average Bonchev–Trinajstić information content (AvgIpc) is 2.86. The van der Waals surface area contributed by atoms with Crippen molar-refractivity contribution in [1.82, 2.24) is 0 Å². The van der Waals surface area contributed by atoms with Gasteiger partial charge in [-0.15, -0.1) is 0 Å². The monoisotopic (exact) mass is 403 g/mol. The van der Waals surface area contributed by atoms with E-state index in [4.69, 9.17) is 21.1 Å². The Labute approximate surface area is 168 Å². The number of methoxy groups -OCH3 is 1. The van der Waals surface area contributed by atoms with Crippen LogP contribution >= 0.6 is 11.6 Å². The molecule has 0 radical (unpaired) electrons. The van der Waals surface area contributed by atoms with Crippen molar-refractivity contribution in [3.05, 3.63) is 53.1 Å². The molecule has 1 atom stereocenters. The molecule has 0 bridgehead atoms. The van der Waals surface area contributed by atoms with Crippen LogP contribution in [0.4, 0.5) is 5.69 Å². The summed E-state index contributed by atoms with van der Waals surface area (Å²) in [7, 11) is 1.60. The van der Waals surface area contributed by atoms with Crippen LogP contribution in [0.5, 0.6) is 11.5 Å². The van der Waals surface area contributed by atoms with Gasteiger partial charge in [0.15, 0.2) is 5.60 Å². The first-order valence-electron chi connectivity index (χ1n) is 8.96. The predicted molar refractivity (Wildman–Crippen MR) is 106 cm³/mol. The number of benzene rings is 2. The molecule has 0 aromatic heterocycles. The van der Waals surface area contributed by atoms with Gasteiger partial charge in [0.05, 0.1) is 19.4 Å². The van der Waals surface area contributed by atoms with Crippen molar-refractivity contribution in [3.63, 3.8) is 0 Å². The molecule has 0 spiro atoms. The van der Waals surface area contributed by atoms with Crippen LogP contribution in [0.2, 0.25) is 5.02 Å². The van der Waals surface area contributed by atoms with Gasteiger partial charge in [-0.1, -0.05) is 11.6 Å². The maximum Gasteiger partial charge on any atom is 0.264 e. The fourth-order valence-corrected chi connectivity index (χ4v) is 3.53. The van der Waals surface area contributed by atoms with E-state index in [9.17, 15) is 14.7 Å². The molecule has 1 aliphatic heterocycles. The highest BCUT2D eigenvalue weighted by atomic mass is 35.5. The summed E-state index contributed by atoms with van der Waals surface area (Å²) in [6.45, 7) is 2.09. The number of carbonyl (C=O) groups excluding carboxylic acids is 2. The third-order valence-electron chi connectivity index (χ3n) is 4.65. The van der Waals surface area contributed by atoms with Crippen molar-refractivity contribution in [2.24, 2.45) is 0 Å². The van der Waals surface area contributed by atoms with Crippen molar-refractivity contribution in [1.29, 1.82) is 0 Å². The van der Waals surface area contributed by atoms with Gasteiger partial charge in [0.2, 0.25) is 0 Å². The molecule has 7 heteroatoms. The summed E-state index contributed by atoms with van der Waals surface area (Å²) < 4.78 is 10.8. The van der Waals surface area contributed by atoms with E-state index in [0.29, 0.717) is 41.6 Å². The molecule has 28 heavy (non-hydrogen) atoms. The molecule has 2 aromatic rings. The average molecular weight is 404 g/mol. The van der Waals surface area contributed by atoms with Crippen LogP contribution < -0.4 is 14.4 Å². The first kappa shape index (κ1) is 20.2. The lowest BCUT2D eigenvalue weighted by Gasteiger charge is -2.22. The summed E-state index contributed by atoms with van der Waals surface area (Å²) in [6, 6.07) is 12.1. The van der Waals surface area contributed by atoms with Crippen molar-refractivity contribution in [2.45, 2.75) is 25.4 Å². The van der Waals surface area contributed by atoms with E-state index in [1.807, 2.05) is 12.1 Å². The van der Waals surface area contributed by atoms with Crippen molar-refractivity contribution in [3.8, 4) is 11.5 Å². The second kappa shape index (κ2) is 8.20. The number of rotatable bonds is 8. The number of carbonyl (C=O) groups is 2. The molecular formula is C21H22ClNO5. The Morgan fingerprint density at radius 1 is 1.18 bits per heavy atom. The number of ketones is 1. The first-order chi connectivity index (χ1) is 13.3. The zero-order chi connectivity index (χ0) is 20.3. The van der Waals surface area contributed by atoms with Crippen molar-refractivity contribution >= 4 is 29.0 Å². The van der Waals surface area contributed by atoms with Crippen LogP contribution in [0.1, 0.15) is 25.3 Å². The van der Waals surface area contributed by atoms with Gasteiger partial charge in [-0.25, -0.2) is 0 Å². The van der Waals surface area contributed by atoms with Gasteiger partial charge in [-0.3, -0.25) is 9.59 Å². The number of nitrogens with zero attached hydrogens (tertiary/aromatic N) is 1. The fourth-order valence-electron chi connectivity index (χ4n) is 3.36. The number of ether oxygens (including phenoxy) is 2. The van der Waals surface area contributed by atoms with Crippen molar-refractivity contribution in [2.75, 3.05) is 25.2 Å². The summed E-state index contributed by atoms with van der Waals surface area (Å²) in [5.74, 6) is 0.666. The lowest BCUT2D eigenvalue weighted by molar-refractivity contribution is -0.141. The molecule has 6 nitrogen and oxygen atoms in total. The quantitative estimate of drug-likeness (QED) is 0.684. The summed E-state index contributed by atoms with van der Waals surface area (Å²) in [6.07, 6.45) is 0.272. The highest BCUT2D eigenvalue weighted by Gasteiger charge is 2.50. The Morgan fingerprint density at radius 2 is 1.86 bits per heavy atom. The van der Waals surface area contributed by atoms with Crippen LogP contribution in [0, 0.1) is 0 Å². The lowest BCUT2D eigenvalue weighted by atomic mass is 9.90. The van der Waals surface area contributed by atoms with Gasteiger partial charge in [-0.05, 0) is 55.8 Å². The number of halogens is 1. The third kappa shape index (κ3) is 3.98. The number of amides is 1. The van der Waals surface area contributed by atoms with Gasteiger partial charge < -0.3 is 19.5 Å². The van der Waals surface area contributed by atoms with Crippen LogP contribution in [0.15, 0.2) is 42.5 Å². The van der Waals surface area contributed by atoms with Gasteiger partial charge >= 0.3 is 0 Å². The molecule has 1 amide bonds. The van der Waals surface area contributed by atoms with Crippen LogP contribution in [-0.4, -0.2) is 37.1 Å². The van der Waals surface area contributed by atoms with Gasteiger partial charge in [0.25, 0.3) is 5.91 Å². The Balaban J connectivity index is 1.68. The lowest BCUT2D eigenvalue weighted by Crippen LogP contribution is -2.42. The maximum absolute atomic E-state index is 12.9. The van der Waals surface area contributed by atoms with Gasteiger partial charge in [-0.2, -0.15) is 0 Å². The smallest absolute Gasteiger partial charge is 0.264 e. The topological polar surface area (TPSA) is 76.1 Å². The highest BCUT2D eigenvalue weighted by molar-refractivity contribution is 6.31. The van der Waals surface area contributed by atoms with Gasteiger partial charge in [0.1, 0.15) is 17.3 Å². The Bertz CT molecular complexity index is 883. The molecule has 1 aliphatic rings. The molecule has 0 aliphatic carbocycles. The fraction of sp³-hybridized carbons (Fsp3) is 0.333.